The van der Waals surface area contributed by atoms with Crippen LogP contribution in [0.2, 0.25) is 5.15 Å². The van der Waals surface area contributed by atoms with Gasteiger partial charge in [-0.05, 0) is 34.7 Å². The van der Waals surface area contributed by atoms with E-state index in [0.29, 0.717) is 0 Å². The molecule has 0 aliphatic carbocycles. The Hall–Kier alpha value is 0.300. The van der Waals surface area contributed by atoms with Crippen molar-refractivity contribution in [2.24, 2.45) is 7.05 Å². The molecule has 0 radical (unpaired) electrons. The molecule has 1 aromatic heterocycles. The van der Waals surface area contributed by atoms with E-state index < -0.39 is 0 Å². The lowest BCUT2D eigenvalue weighted by Crippen LogP contribution is -1.87. The molecule has 1 nitrogen and oxygen atoms in total. The normalized spacial score (nSPS) is 9.88. The first-order valence-corrected chi connectivity index (χ1v) is 3.64. The van der Waals surface area contributed by atoms with Crippen LogP contribution in [-0.4, -0.2) is 4.57 Å². The van der Waals surface area contributed by atoms with Crippen molar-refractivity contribution in [3.63, 3.8) is 0 Å². The van der Waals surface area contributed by atoms with Crippen molar-refractivity contribution in [2.75, 3.05) is 0 Å². The zero-order valence-electron chi connectivity index (χ0n) is 4.36. The molecule has 8 heavy (non-hydrogen) atoms. The molecule has 0 spiro atoms. The molecule has 0 aliphatic rings. The maximum absolute atomic E-state index is 5.69. The Bertz CT molecular complexity index is 175. The average Bonchev–Trinajstić information content (AvgIpc) is 1.98. The lowest BCUT2D eigenvalue weighted by Gasteiger charge is -1.92. The minimum absolute atomic E-state index is 0.786. The zero-order valence-corrected chi connectivity index (χ0v) is 7.27. The quantitative estimate of drug-likeness (QED) is 0.614. The molecule has 0 aliphatic heterocycles. The second kappa shape index (κ2) is 2.27. The summed E-state index contributed by atoms with van der Waals surface area (Å²) in [4.78, 5) is 0. The molecule has 0 saturated heterocycles. The Morgan fingerprint density at radius 3 is 2.38 bits per heavy atom. The van der Waals surface area contributed by atoms with Gasteiger partial charge in [0.2, 0.25) is 0 Å². The van der Waals surface area contributed by atoms with Crippen LogP contribution in [0, 0.1) is 3.70 Å². The second-order valence-corrected chi connectivity index (χ2v) is 3.03. The summed E-state index contributed by atoms with van der Waals surface area (Å²) in [7, 11) is 1.93. The molecular weight excluding hydrogens is 236 g/mol. The van der Waals surface area contributed by atoms with Crippen molar-refractivity contribution in [3.8, 4) is 0 Å². The van der Waals surface area contributed by atoms with Gasteiger partial charge >= 0.3 is 0 Å². The first kappa shape index (κ1) is 6.42. The van der Waals surface area contributed by atoms with E-state index in [1.54, 1.807) is 0 Å². The van der Waals surface area contributed by atoms with E-state index in [1.165, 1.54) is 0 Å². The summed E-state index contributed by atoms with van der Waals surface area (Å²) in [5.41, 5.74) is 0. The largest absolute Gasteiger partial charge is 0.330 e. The Morgan fingerprint density at radius 2 is 2.25 bits per heavy atom. The number of hydrogen-bond donors (Lipinski definition) is 0. The van der Waals surface area contributed by atoms with Crippen LogP contribution in [-0.2, 0) is 7.05 Å². The van der Waals surface area contributed by atoms with Crippen LogP contribution in [0.3, 0.4) is 0 Å². The highest BCUT2D eigenvalue weighted by molar-refractivity contribution is 14.1. The van der Waals surface area contributed by atoms with E-state index in [2.05, 4.69) is 22.6 Å². The lowest BCUT2D eigenvalue weighted by atomic mass is 10.7. The third-order valence-electron chi connectivity index (χ3n) is 0.999. The number of nitrogens with zero attached hydrogens (tertiary/aromatic N) is 1. The van der Waals surface area contributed by atoms with Gasteiger partial charge in [0.05, 0.1) is 3.70 Å². The predicted molar refractivity (Wildman–Crippen MR) is 43.1 cm³/mol. The topological polar surface area (TPSA) is 4.93 Å². The molecule has 0 saturated carbocycles. The monoisotopic (exact) mass is 241 g/mol. The van der Waals surface area contributed by atoms with E-state index in [4.69, 9.17) is 11.6 Å². The van der Waals surface area contributed by atoms with Crippen LogP contribution in [0.1, 0.15) is 0 Å². The summed E-state index contributed by atoms with van der Waals surface area (Å²) in [6.07, 6.45) is 0. The number of halogens is 2. The van der Waals surface area contributed by atoms with Gasteiger partial charge in [-0.25, -0.2) is 0 Å². The van der Waals surface area contributed by atoms with Gasteiger partial charge in [-0.15, -0.1) is 0 Å². The summed E-state index contributed by atoms with van der Waals surface area (Å²) in [5.74, 6) is 0. The van der Waals surface area contributed by atoms with E-state index in [9.17, 15) is 0 Å². The van der Waals surface area contributed by atoms with Crippen LogP contribution < -0.4 is 0 Å². The second-order valence-electron chi connectivity index (χ2n) is 1.54. The van der Waals surface area contributed by atoms with E-state index in [1.807, 2.05) is 23.7 Å². The fraction of sp³-hybridized carbons (Fsp3) is 0.200. The molecule has 0 bridgehead atoms. The van der Waals surface area contributed by atoms with E-state index in [-0.39, 0.29) is 0 Å². The maximum atomic E-state index is 5.69. The van der Waals surface area contributed by atoms with Crippen molar-refractivity contribution >= 4 is 34.2 Å². The minimum atomic E-state index is 0.786. The first-order valence-electron chi connectivity index (χ1n) is 2.18. The first-order chi connectivity index (χ1) is 3.72. The summed E-state index contributed by atoms with van der Waals surface area (Å²) >= 11 is 7.91. The summed E-state index contributed by atoms with van der Waals surface area (Å²) in [6, 6.07) is 3.85. The SMILES string of the molecule is Cn1c(Cl)ccc1I. The van der Waals surface area contributed by atoms with Crippen molar-refractivity contribution in [1.82, 2.24) is 4.57 Å². The molecule has 1 aromatic rings. The summed E-state index contributed by atoms with van der Waals surface area (Å²) in [6.45, 7) is 0. The zero-order chi connectivity index (χ0) is 6.15. The van der Waals surface area contributed by atoms with Gasteiger partial charge in [0.1, 0.15) is 5.15 Å². The molecule has 1 heterocycles. The van der Waals surface area contributed by atoms with E-state index >= 15 is 0 Å². The highest BCUT2D eigenvalue weighted by Gasteiger charge is 1.94. The van der Waals surface area contributed by atoms with Gasteiger partial charge < -0.3 is 4.57 Å². The van der Waals surface area contributed by atoms with Crippen molar-refractivity contribution in [2.45, 2.75) is 0 Å². The Morgan fingerprint density at radius 1 is 1.62 bits per heavy atom. The molecule has 0 atom stereocenters. The van der Waals surface area contributed by atoms with Crippen molar-refractivity contribution < 1.29 is 0 Å². The highest BCUT2D eigenvalue weighted by Crippen LogP contribution is 2.13. The Balaban J connectivity index is 3.19. The average molecular weight is 241 g/mol. The predicted octanol–water partition coefficient (Wildman–Crippen LogP) is 2.28. The standard InChI is InChI=1S/C5H5ClIN/c1-8-4(6)2-3-5(8)7/h2-3H,1H3. The summed E-state index contributed by atoms with van der Waals surface area (Å²) < 4.78 is 3.08. The smallest absolute Gasteiger partial charge is 0.109 e. The highest BCUT2D eigenvalue weighted by atomic mass is 127. The molecule has 0 unspecified atom stereocenters. The number of hydrogen-bond acceptors (Lipinski definition) is 0. The molecule has 0 amide bonds. The van der Waals surface area contributed by atoms with Gasteiger partial charge in [-0.1, -0.05) is 11.6 Å². The van der Waals surface area contributed by atoms with Crippen molar-refractivity contribution in [3.05, 3.63) is 21.0 Å². The summed E-state index contributed by atoms with van der Waals surface area (Å²) in [5, 5.41) is 0.786. The fourth-order valence-electron chi connectivity index (χ4n) is 0.463. The maximum Gasteiger partial charge on any atom is 0.109 e. The molecule has 0 fully saturated rings. The Labute approximate surface area is 66.8 Å². The third-order valence-corrected chi connectivity index (χ3v) is 2.46. The molecule has 1 rings (SSSR count). The van der Waals surface area contributed by atoms with Gasteiger partial charge in [-0.2, -0.15) is 0 Å². The van der Waals surface area contributed by atoms with Gasteiger partial charge in [0, 0.05) is 7.05 Å². The van der Waals surface area contributed by atoms with Crippen LogP contribution in [0.4, 0.5) is 0 Å². The molecule has 3 heteroatoms. The van der Waals surface area contributed by atoms with Gasteiger partial charge in [0.15, 0.2) is 0 Å². The number of rotatable bonds is 0. The van der Waals surface area contributed by atoms with E-state index in [0.717, 1.165) is 8.85 Å². The fourth-order valence-corrected chi connectivity index (χ4v) is 1.20. The van der Waals surface area contributed by atoms with Gasteiger partial charge in [0.25, 0.3) is 0 Å². The number of aromatic nitrogens is 1. The third kappa shape index (κ3) is 1.00. The van der Waals surface area contributed by atoms with Crippen LogP contribution in [0.15, 0.2) is 12.1 Å². The molecule has 44 valence electrons. The van der Waals surface area contributed by atoms with Crippen LogP contribution in [0.5, 0.6) is 0 Å². The molecule has 0 N–H and O–H groups in total. The van der Waals surface area contributed by atoms with Crippen LogP contribution >= 0.6 is 34.2 Å². The molecular formula is C5H5ClIN. The lowest BCUT2D eigenvalue weighted by molar-refractivity contribution is 0.900. The Kier molecular flexibility index (Phi) is 1.82. The van der Waals surface area contributed by atoms with Crippen LogP contribution in [0.25, 0.3) is 0 Å². The minimum Gasteiger partial charge on any atom is -0.330 e. The van der Waals surface area contributed by atoms with Crippen molar-refractivity contribution in [1.29, 1.82) is 0 Å². The molecule has 0 aromatic carbocycles. The van der Waals surface area contributed by atoms with Gasteiger partial charge in [-0.3, -0.25) is 0 Å².